The van der Waals surface area contributed by atoms with E-state index in [9.17, 15) is 10.2 Å². The summed E-state index contributed by atoms with van der Waals surface area (Å²) in [4.78, 5) is 0. The number of hydrogen-bond acceptors (Lipinski definition) is 3. The van der Waals surface area contributed by atoms with Gasteiger partial charge in [-0.05, 0) is 26.8 Å². The predicted molar refractivity (Wildman–Crippen MR) is 99.2 cm³/mol. The van der Waals surface area contributed by atoms with Gasteiger partial charge in [-0.25, -0.2) is 0 Å². The lowest BCUT2D eigenvalue weighted by Gasteiger charge is -2.33. The number of aliphatic hydroxyl groups is 2. The van der Waals surface area contributed by atoms with Gasteiger partial charge in [0.25, 0.3) is 0 Å². The van der Waals surface area contributed by atoms with Crippen molar-refractivity contribution < 1.29 is 14.9 Å². The highest BCUT2D eigenvalue weighted by atomic mass is 16.6. The van der Waals surface area contributed by atoms with Crippen molar-refractivity contribution in [3.05, 3.63) is 82.7 Å². The minimum Gasteiger partial charge on any atom is -0.394 e. The van der Waals surface area contributed by atoms with E-state index in [2.05, 4.69) is 18.2 Å². The molecule has 0 radical (unpaired) electrons. The minimum atomic E-state index is -1.46. The van der Waals surface area contributed by atoms with Crippen molar-refractivity contribution in [3.63, 3.8) is 0 Å². The normalized spacial score (nSPS) is 19.5. The molecule has 0 saturated heterocycles. The molecule has 2 N–H and O–H groups in total. The Morgan fingerprint density at radius 2 is 1.68 bits per heavy atom. The molecule has 126 valence electrons. The van der Waals surface area contributed by atoms with Crippen molar-refractivity contribution in [2.45, 2.75) is 12.2 Å². The van der Waals surface area contributed by atoms with Crippen LogP contribution < -0.4 is 10.4 Å². The highest BCUT2D eigenvalue weighted by molar-refractivity contribution is 5.95. The van der Waals surface area contributed by atoms with E-state index < -0.39 is 5.79 Å². The van der Waals surface area contributed by atoms with Crippen molar-refractivity contribution in [3.8, 4) is 0 Å². The Labute approximate surface area is 146 Å². The van der Waals surface area contributed by atoms with E-state index in [0.717, 1.165) is 32.3 Å². The monoisotopic (exact) mass is 332 g/mol. The van der Waals surface area contributed by atoms with Gasteiger partial charge in [0.15, 0.2) is 5.79 Å². The fourth-order valence-corrected chi connectivity index (χ4v) is 3.61. The fraction of sp³-hybridized carbons (Fsp3) is 0.182. The summed E-state index contributed by atoms with van der Waals surface area (Å²) in [6.07, 6.45) is 2.34. The van der Waals surface area contributed by atoms with E-state index in [0.29, 0.717) is 6.42 Å². The van der Waals surface area contributed by atoms with E-state index in [1.54, 1.807) is 0 Å². The second kappa shape index (κ2) is 6.45. The number of benzene rings is 3. The largest absolute Gasteiger partial charge is 0.394 e. The van der Waals surface area contributed by atoms with Gasteiger partial charge in [-0.3, -0.25) is 0 Å². The zero-order valence-corrected chi connectivity index (χ0v) is 13.9. The summed E-state index contributed by atoms with van der Waals surface area (Å²) >= 11 is 0. The summed E-state index contributed by atoms with van der Waals surface area (Å²) < 4.78 is 5.73. The average Bonchev–Trinajstić information content (AvgIpc) is 2.66. The van der Waals surface area contributed by atoms with Gasteiger partial charge in [0.1, 0.15) is 0 Å². The molecule has 1 aliphatic carbocycles. The van der Waals surface area contributed by atoms with Crippen LogP contribution in [-0.2, 0) is 4.74 Å². The van der Waals surface area contributed by atoms with Gasteiger partial charge in [-0.2, -0.15) is 0 Å². The zero-order valence-electron chi connectivity index (χ0n) is 13.9. The third-order valence-corrected chi connectivity index (χ3v) is 4.71. The van der Waals surface area contributed by atoms with E-state index in [1.807, 2.05) is 54.6 Å². The zero-order chi connectivity index (χ0) is 17.3. The first-order chi connectivity index (χ1) is 12.2. The maximum Gasteiger partial charge on any atom is 0.197 e. The van der Waals surface area contributed by atoms with Gasteiger partial charge in [-0.15, -0.1) is 0 Å². The van der Waals surface area contributed by atoms with Crippen LogP contribution in [0.5, 0.6) is 0 Å². The second-order valence-electron chi connectivity index (χ2n) is 6.25. The van der Waals surface area contributed by atoms with Crippen LogP contribution in [0.15, 0.2) is 66.7 Å². The van der Waals surface area contributed by atoms with Crippen LogP contribution in [0.1, 0.15) is 12.0 Å². The van der Waals surface area contributed by atoms with Gasteiger partial charge in [0, 0.05) is 12.0 Å². The molecule has 1 aliphatic rings. The summed E-state index contributed by atoms with van der Waals surface area (Å²) in [5.74, 6) is -1.46. The Morgan fingerprint density at radius 3 is 2.56 bits per heavy atom. The third kappa shape index (κ3) is 2.76. The summed E-state index contributed by atoms with van der Waals surface area (Å²) in [7, 11) is 0. The highest BCUT2D eigenvalue weighted by Gasteiger charge is 2.35. The number of aliphatic hydroxyl groups excluding tert-OH is 1. The van der Waals surface area contributed by atoms with Crippen LogP contribution in [0.2, 0.25) is 0 Å². The first kappa shape index (κ1) is 16.0. The van der Waals surface area contributed by atoms with Crippen molar-refractivity contribution in [1.82, 2.24) is 0 Å². The molecule has 0 heterocycles. The van der Waals surface area contributed by atoms with Crippen LogP contribution in [0.4, 0.5) is 0 Å². The summed E-state index contributed by atoms with van der Waals surface area (Å²) in [6.45, 7) is -0.0481. The first-order valence-electron chi connectivity index (χ1n) is 8.48. The number of hydrogen-bond donors (Lipinski definition) is 2. The second-order valence-corrected chi connectivity index (χ2v) is 6.25. The Bertz CT molecular complexity index is 1030. The summed E-state index contributed by atoms with van der Waals surface area (Å²) in [5.41, 5.74) is 1.72. The van der Waals surface area contributed by atoms with Gasteiger partial charge in [0.2, 0.25) is 0 Å². The molecule has 1 unspecified atom stereocenters. The maximum atomic E-state index is 11.3. The molecule has 25 heavy (non-hydrogen) atoms. The lowest BCUT2D eigenvalue weighted by Crippen LogP contribution is -2.45. The molecule has 0 fully saturated rings. The minimum absolute atomic E-state index is 0.0841. The number of rotatable bonds is 4. The van der Waals surface area contributed by atoms with E-state index in [-0.39, 0.29) is 13.2 Å². The summed E-state index contributed by atoms with van der Waals surface area (Å²) in [5, 5.41) is 24.7. The van der Waals surface area contributed by atoms with Crippen molar-refractivity contribution >= 4 is 22.4 Å². The molecule has 4 rings (SSSR count). The molecule has 0 aromatic heterocycles. The molecule has 3 aromatic rings. The average molecular weight is 332 g/mol. The molecule has 0 amide bonds. The van der Waals surface area contributed by atoms with Gasteiger partial charge < -0.3 is 14.9 Å². The Morgan fingerprint density at radius 1 is 0.920 bits per heavy atom. The Balaban J connectivity index is 2.07. The SMILES string of the molecule is OCCOC1(O)CC=c2ccccc2=C1c1cccc2ccccc12. The fourth-order valence-electron chi connectivity index (χ4n) is 3.61. The highest BCUT2D eigenvalue weighted by Crippen LogP contribution is 2.34. The Kier molecular flexibility index (Phi) is 4.14. The maximum absolute atomic E-state index is 11.3. The predicted octanol–water partition coefficient (Wildman–Crippen LogP) is 1.92. The van der Waals surface area contributed by atoms with E-state index >= 15 is 0 Å². The molecular weight excluding hydrogens is 312 g/mol. The molecule has 3 nitrogen and oxygen atoms in total. The van der Waals surface area contributed by atoms with E-state index in [1.165, 1.54) is 0 Å². The van der Waals surface area contributed by atoms with Gasteiger partial charge in [0.05, 0.1) is 13.2 Å². The standard InChI is InChI=1S/C22H20O3/c23-14-15-25-22(24)13-12-17-7-2-4-10-19(17)21(22)20-11-5-8-16-6-1-3-9-18(16)20/h1-12,23-24H,13-15H2. The molecule has 0 saturated carbocycles. The molecule has 3 aromatic carbocycles. The van der Waals surface area contributed by atoms with Crippen LogP contribution in [-0.4, -0.2) is 29.2 Å². The van der Waals surface area contributed by atoms with E-state index in [4.69, 9.17) is 4.74 Å². The number of ether oxygens (including phenoxy) is 1. The smallest absolute Gasteiger partial charge is 0.197 e. The first-order valence-corrected chi connectivity index (χ1v) is 8.48. The lowest BCUT2D eigenvalue weighted by molar-refractivity contribution is -0.159. The van der Waals surface area contributed by atoms with Crippen molar-refractivity contribution in [2.24, 2.45) is 0 Å². The van der Waals surface area contributed by atoms with Crippen LogP contribution in [0.3, 0.4) is 0 Å². The van der Waals surface area contributed by atoms with Crippen LogP contribution >= 0.6 is 0 Å². The Hall–Kier alpha value is -2.46. The van der Waals surface area contributed by atoms with Crippen molar-refractivity contribution in [2.75, 3.05) is 13.2 Å². The van der Waals surface area contributed by atoms with Crippen LogP contribution in [0, 0.1) is 0 Å². The topological polar surface area (TPSA) is 49.7 Å². The van der Waals surface area contributed by atoms with Crippen molar-refractivity contribution in [1.29, 1.82) is 0 Å². The quantitative estimate of drug-likeness (QED) is 0.718. The lowest BCUT2D eigenvalue weighted by atomic mass is 9.86. The number of fused-ring (bicyclic) bond motifs is 2. The molecule has 0 spiro atoms. The molecule has 1 atom stereocenters. The molecule has 0 aliphatic heterocycles. The molecule has 0 bridgehead atoms. The molecular formula is C22H20O3. The molecule has 3 heteroatoms. The van der Waals surface area contributed by atoms with Gasteiger partial charge in [-0.1, -0.05) is 72.8 Å². The summed E-state index contributed by atoms with van der Waals surface area (Å²) in [6, 6.07) is 22.2. The van der Waals surface area contributed by atoms with Crippen LogP contribution in [0.25, 0.3) is 22.4 Å². The van der Waals surface area contributed by atoms with Gasteiger partial charge >= 0.3 is 0 Å². The third-order valence-electron chi connectivity index (χ3n) is 4.71.